The lowest BCUT2D eigenvalue weighted by Crippen LogP contribution is -2.12. The van der Waals surface area contributed by atoms with Crippen LogP contribution in [0.5, 0.6) is 5.75 Å². The first-order chi connectivity index (χ1) is 11.5. The third-order valence-corrected chi connectivity index (χ3v) is 4.25. The molecule has 24 heavy (non-hydrogen) atoms. The maximum atomic E-state index is 11.3. The zero-order valence-corrected chi connectivity index (χ0v) is 15.0. The summed E-state index contributed by atoms with van der Waals surface area (Å²) in [5.41, 5.74) is 0. The Hall–Kier alpha value is -1.99. The average molecular weight is 368 g/mol. The van der Waals surface area contributed by atoms with E-state index in [4.69, 9.17) is 16.3 Å². The fourth-order valence-electron chi connectivity index (χ4n) is 1.99. The Bertz CT molecular complexity index is 720. The molecule has 6 nitrogen and oxygen atoms in total. The van der Waals surface area contributed by atoms with Crippen LogP contribution in [0.2, 0.25) is 5.02 Å². The summed E-state index contributed by atoms with van der Waals surface area (Å²) in [4.78, 5) is 11.3. The van der Waals surface area contributed by atoms with Gasteiger partial charge in [-0.05, 0) is 25.1 Å². The molecule has 0 aliphatic heterocycles. The quantitative estimate of drug-likeness (QED) is 0.404. The Morgan fingerprint density at radius 1 is 1.50 bits per heavy atom. The van der Waals surface area contributed by atoms with Crippen molar-refractivity contribution in [2.45, 2.75) is 24.7 Å². The number of carbonyl (C=O) groups excluding carboxylic acids is 1. The van der Waals surface area contributed by atoms with Crippen LogP contribution in [0, 0.1) is 0 Å². The van der Waals surface area contributed by atoms with Gasteiger partial charge in [0.25, 0.3) is 0 Å². The smallest absolute Gasteiger partial charge is 0.316 e. The van der Waals surface area contributed by atoms with Crippen molar-refractivity contribution in [2.24, 2.45) is 0 Å². The molecule has 0 aliphatic carbocycles. The number of carbonyl (C=O) groups is 1. The lowest BCUT2D eigenvalue weighted by molar-refractivity contribution is -0.137. The van der Waals surface area contributed by atoms with Gasteiger partial charge in [-0.15, -0.1) is 16.8 Å². The molecule has 1 unspecified atom stereocenters. The van der Waals surface area contributed by atoms with Crippen LogP contribution in [0.3, 0.4) is 0 Å². The molecule has 1 aromatic carbocycles. The number of ether oxygens (including phenoxy) is 2. The van der Waals surface area contributed by atoms with E-state index in [9.17, 15) is 4.79 Å². The molecule has 2 aromatic rings. The topological polar surface area (TPSA) is 66.2 Å². The number of hydrogen-bond donors (Lipinski definition) is 0. The van der Waals surface area contributed by atoms with Gasteiger partial charge in [0.2, 0.25) is 0 Å². The van der Waals surface area contributed by atoms with Gasteiger partial charge < -0.3 is 9.47 Å². The molecule has 1 atom stereocenters. The molecule has 0 spiro atoms. The Balaban J connectivity index is 2.17. The summed E-state index contributed by atoms with van der Waals surface area (Å²) in [7, 11) is 1.35. The molecule has 2 rings (SSSR count). The van der Waals surface area contributed by atoms with Crippen molar-refractivity contribution in [1.29, 1.82) is 0 Å². The molecule has 0 saturated heterocycles. The maximum absolute atomic E-state index is 11.3. The normalized spacial score (nSPS) is 11.8. The van der Waals surface area contributed by atoms with Gasteiger partial charge >= 0.3 is 5.97 Å². The van der Waals surface area contributed by atoms with E-state index in [0.717, 1.165) is 0 Å². The first-order valence-electron chi connectivity index (χ1n) is 7.21. The Labute approximate surface area is 149 Å². The SMILES string of the molecule is C=CCn1c(SCC(=O)OC)nnc1C(C)Oc1cccc(Cl)c1. The van der Waals surface area contributed by atoms with Gasteiger partial charge in [-0.3, -0.25) is 9.36 Å². The highest BCUT2D eigenvalue weighted by atomic mass is 35.5. The van der Waals surface area contributed by atoms with Gasteiger partial charge in [-0.2, -0.15) is 0 Å². The summed E-state index contributed by atoms with van der Waals surface area (Å²) in [6.07, 6.45) is 1.39. The van der Waals surface area contributed by atoms with E-state index in [1.807, 2.05) is 23.6 Å². The van der Waals surface area contributed by atoms with Crippen molar-refractivity contribution in [3.05, 3.63) is 47.8 Å². The number of thioether (sulfide) groups is 1. The standard InChI is InChI=1S/C16H18ClN3O3S/c1-4-8-20-15(18-19-16(20)24-10-14(21)22-3)11(2)23-13-7-5-6-12(17)9-13/h4-7,9,11H,1,8,10H2,2-3H3. The van der Waals surface area contributed by atoms with Crippen LogP contribution in [0.15, 0.2) is 42.1 Å². The van der Waals surface area contributed by atoms with Gasteiger partial charge in [0.05, 0.1) is 12.9 Å². The molecule has 0 radical (unpaired) electrons. The highest BCUT2D eigenvalue weighted by Gasteiger charge is 2.19. The molecule has 0 bridgehead atoms. The first kappa shape index (κ1) is 18.4. The molecule has 0 N–H and O–H groups in total. The van der Waals surface area contributed by atoms with Crippen molar-refractivity contribution in [2.75, 3.05) is 12.9 Å². The summed E-state index contributed by atoms with van der Waals surface area (Å²) in [6, 6.07) is 7.15. The number of methoxy groups -OCH3 is 1. The molecule has 128 valence electrons. The molecule has 1 aromatic heterocycles. The van der Waals surface area contributed by atoms with E-state index in [2.05, 4.69) is 21.5 Å². The number of halogens is 1. The third kappa shape index (κ3) is 4.75. The van der Waals surface area contributed by atoms with Crippen LogP contribution in [0.25, 0.3) is 0 Å². The number of allylic oxidation sites excluding steroid dienone is 1. The van der Waals surface area contributed by atoms with E-state index >= 15 is 0 Å². The number of aromatic nitrogens is 3. The van der Waals surface area contributed by atoms with Crippen LogP contribution in [-0.2, 0) is 16.1 Å². The highest BCUT2D eigenvalue weighted by molar-refractivity contribution is 7.99. The van der Waals surface area contributed by atoms with Gasteiger partial charge in [-0.25, -0.2) is 0 Å². The number of rotatable bonds is 8. The summed E-state index contributed by atoms with van der Waals surface area (Å²) in [6.45, 7) is 6.13. The highest BCUT2D eigenvalue weighted by Crippen LogP contribution is 2.26. The zero-order chi connectivity index (χ0) is 17.5. The van der Waals surface area contributed by atoms with Crippen molar-refractivity contribution < 1.29 is 14.3 Å². The molecular formula is C16H18ClN3O3S. The number of esters is 1. The largest absolute Gasteiger partial charge is 0.483 e. The summed E-state index contributed by atoms with van der Waals surface area (Å²) < 4.78 is 12.4. The van der Waals surface area contributed by atoms with Gasteiger partial charge in [0.1, 0.15) is 5.75 Å². The fourth-order valence-corrected chi connectivity index (χ4v) is 2.96. The van der Waals surface area contributed by atoms with E-state index < -0.39 is 0 Å². The van der Waals surface area contributed by atoms with Crippen LogP contribution in [0.4, 0.5) is 0 Å². The second kappa shape index (κ2) is 8.75. The predicted molar refractivity (Wildman–Crippen MR) is 93.5 cm³/mol. The fraction of sp³-hybridized carbons (Fsp3) is 0.312. The van der Waals surface area contributed by atoms with Crippen molar-refractivity contribution in [1.82, 2.24) is 14.8 Å². The van der Waals surface area contributed by atoms with Crippen LogP contribution >= 0.6 is 23.4 Å². The molecule has 1 heterocycles. The molecule has 0 aliphatic rings. The molecule has 0 saturated carbocycles. The number of nitrogens with zero attached hydrogens (tertiary/aromatic N) is 3. The lowest BCUT2D eigenvalue weighted by Gasteiger charge is -2.15. The molecular weight excluding hydrogens is 350 g/mol. The summed E-state index contributed by atoms with van der Waals surface area (Å²) in [5, 5.41) is 9.53. The maximum Gasteiger partial charge on any atom is 0.316 e. The Morgan fingerprint density at radius 3 is 2.96 bits per heavy atom. The van der Waals surface area contributed by atoms with E-state index in [0.29, 0.717) is 28.3 Å². The monoisotopic (exact) mass is 367 g/mol. The summed E-state index contributed by atoms with van der Waals surface area (Å²) in [5.74, 6) is 1.13. The Morgan fingerprint density at radius 2 is 2.29 bits per heavy atom. The van der Waals surface area contributed by atoms with Crippen molar-refractivity contribution in [3.63, 3.8) is 0 Å². The average Bonchev–Trinajstić information content (AvgIpc) is 2.96. The first-order valence-corrected chi connectivity index (χ1v) is 8.57. The number of hydrogen-bond acceptors (Lipinski definition) is 6. The van der Waals surface area contributed by atoms with Gasteiger partial charge in [-0.1, -0.05) is 35.5 Å². The molecule has 0 amide bonds. The number of benzene rings is 1. The van der Waals surface area contributed by atoms with E-state index in [-0.39, 0.29) is 17.8 Å². The zero-order valence-electron chi connectivity index (χ0n) is 13.4. The van der Waals surface area contributed by atoms with E-state index in [1.165, 1.54) is 18.9 Å². The van der Waals surface area contributed by atoms with Crippen LogP contribution in [0.1, 0.15) is 18.9 Å². The Kier molecular flexibility index (Phi) is 6.69. The lowest BCUT2D eigenvalue weighted by atomic mass is 10.3. The summed E-state index contributed by atoms with van der Waals surface area (Å²) >= 11 is 7.23. The molecule has 0 fully saturated rings. The van der Waals surface area contributed by atoms with Crippen molar-refractivity contribution >= 4 is 29.3 Å². The molecule has 8 heteroatoms. The third-order valence-electron chi connectivity index (χ3n) is 3.08. The minimum atomic E-state index is -0.344. The second-order valence-corrected chi connectivity index (χ2v) is 6.20. The van der Waals surface area contributed by atoms with Crippen LogP contribution < -0.4 is 4.74 Å². The van der Waals surface area contributed by atoms with Crippen molar-refractivity contribution in [3.8, 4) is 5.75 Å². The van der Waals surface area contributed by atoms with Gasteiger partial charge in [0.15, 0.2) is 17.1 Å². The minimum absolute atomic E-state index is 0.162. The van der Waals surface area contributed by atoms with Crippen LogP contribution in [-0.4, -0.2) is 33.6 Å². The second-order valence-electron chi connectivity index (χ2n) is 4.82. The van der Waals surface area contributed by atoms with E-state index in [1.54, 1.807) is 18.2 Å². The predicted octanol–water partition coefficient (Wildman–Crippen LogP) is 3.52. The van der Waals surface area contributed by atoms with Gasteiger partial charge in [0, 0.05) is 11.6 Å². The minimum Gasteiger partial charge on any atom is -0.483 e.